The third kappa shape index (κ3) is 2.26. The van der Waals surface area contributed by atoms with E-state index in [4.69, 9.17) is 0 Å². The summed E-state index contributed by atoms with van der Waals surface area (Å²) < 4.78 is 0. The van der Waals surface area contributed by atoms with Crippen molar-refractivity contribution in [3.63, 3.8) is 0 Å². The molecule has 1 aliphatic rings. The Balaban J connectivity index is 1.98. The maximum atomic E-state index is 12.7. The Labute approximate surface area is 120 Å². The fraction of sp³-hybridized carbons (Fsp3) is 0.286. The topological polar surface area (TPSA) is 99.2 Å². The number of hydrogen-bond acceptors (Lipinski definition) is 4. The molecular weight excluding hydrogens is 272 g/mol. The number of aromatic nitrogens is 3. The van der Waals surface area contributed by atoms with Crippen molar-refractivity contribution in [2.24, 2.45) is 0 Å². The van der Waals surface area contributed by atoms with E-state index in [0.717, 1.165) is 5.69 Å². The summed E-state index contributed by atoms with van der Waals surface area (Å²) in [6.07, 6.45) is 3.33. The summed E-state index contributed by atoms with van der Waals surface area (Å²) in [7, 11) is 0. The SMILES string of the molecule is Cc1ncccc1C(=O)N1Cc2[nH]cnc2CC1C(=O)O. The second-order valence-electron chi connectivity index (χ2n) is 4.96. The van der Waals surface area contributed by atoms with Crippen LogP contribution in [0.15, 0.2) is 24.7 Å². The van der Waals surface area contributed by atoms with Crippen LogP contribution in [-0.2, 0) is 17.8 Å². The predicted octanol–water partition coefficient (Wildman–Crippen LogP) is 0.765. The van der Waals surface area contributed by atoms with Gasteiger partial charge < -0.3 is 15.0 Å². The lowest BCUT2D eigenvalue weighted by atomic mass is 10.0. The average Bonchev–Trinajstić information content (AvgIpc) is 2.93. The number of nitrogens with zero attached hydrogens (tertiary/aromatic N) is 3. The number of nitrogens with one attached hydrogen (secondary N) is 1. The number of carboxylic acids is 1. The van der Waals surface area contributed by atoms with E-state index in [9.17, 15) is 14.7 Å². The summed E-state index contributed by atoms with van der Waals surface area (Å²) >= 11 is 0. The molecule has 2 aromatic rings. The molecule has 1 unspecified atom stereocenters. The molecule has 0 aliphatic carbocycles. The third-order valence-corrected chi connectivity index (χ3v) is 3.68. The molecule has 0 aromatic carbocycles. The van der Waals surface area contributed by atoms with Crippen LogP contribution in [0.2, 0.25) is 0 Å². The molecule has 0 radical (unpaired) electrons. The molecule has 2 N–H and O–H groups in total. The number of aryl methyl sites for hydroxylation is 1. The first-order valence-corrected chi connectivity index (χ1v) is 6.54. The summed E-state index contributed by atoms with van der Waals surface area (Å²) in [5, 5.41) is 9.39. The molecule has 3 heterocycles. The molecule has 1 amide bonds. The molecule has 3 rings (SSSR count). The number of pyridine rings is 1. The molecule has 7 nitrogen and oxygen atoms in total. The van der Waals surface area contributed by atoms with Gasteiger partial charge in [-0.05, 0) is 19.1 Å². The summed E-state index contributed by atoms with van der Waals surface area (Å²) in [4.78, 5) is 36.6. The number of aromatic amines is 1. The van der Waals surface area contributed by atoms with Crippen molar-refractivity contribution < 1.29 is 14.7 Å². The van der Waals surface area contributed by atoms with Crippen molar-refractivity contribution in [1.82, 2.24) is 19.9 Å². The van der Waals surface area contributed by atoms with Crippen molar-refractivity contribution >= 4 is 11.9 Å². The fourth-order valence-corrected chi connectivity index (χ4v) is 2.53. The highest BCUT2D eigenvalue weighted by atomic mass is 16.4. The zero-order valence-corrected chi connectivity index (χ0v) is 11.4. The molecule has 1 atom stereocenters. The highest BCUT2D eigenvalue weighted by molar-refractivity contribution is 5.97. The number of carboxylic acid groups (broad SMARTS) is 1. The monoisotopic (exact) mass is 286 g/mol. The van der Waals surface area contributed by atoms with Crippen molar-refractivity contribution in [1.29, 1.82) is 0 Å². The number of carbonyl (C=O) groups excluding carboxylic acids is 1. The van der Waals surface area contributed by atoms with Gasteiger partial charge in [0.05, 0.1) is 29.8 Å². The zero-order valence-electron chi connectivity index (χ0n) is 11.4. The minimum atomic E-state index is -1.03. The van der Waals surface area contributed by atoms with E-state index in [1.165, 1.54) is 11.2 Å². The van der Waals surface area contributed by atoms with Crippen molar-refractivity contribution in [2.75, 3.05) is 0 Å². The second-order valence-corrected chi connectivity index (χ2v) is 4.96. The van der Waals surface area contributed by atoms with Gasteiger partial charge in [-0.1, -0.05) is 0 Å². The van der Waals surface area contributed by atoms with Crippen LogP contribution in [0.5, 0.6) is 0 Å². The standard InChI is InChI=1S/C14H14N4O3/c1-8-9(3-2-4-15-8)13(19)18-6-11-10(16-7-17-11)5-12(18)14(20)21/h2-4,7,12H,5-6H2,1H3,(H,16,17)(H,20,21). The first kappa shape index (κ1) is 13.3. The lowest BCUT2D eigenvalue weighted by Gasteiger charge is -2.32. The van der Waals surface area contributed by atoms with E-state index in [1.807, 2.05) is 0 Å². The van der Waals surface area contributed by atoms with Crippen LogP contribution in [0, 0.1) is 6.92 Å². The minimum Gasteiger partial charge on any atom is -0.480 e. The predicted molar refractivity (Wildman–Crippen MR) is 72.6 cm³/mol. The molecule has 0 saturated carbocycles. The Hall–Kier alpha value is -2.70. The quantitative estimate of drug-likeness (QED) is 0.849. The van der Waals surface area contributed by atoms with Crippen LogP contribution in [0.4, 0.5) is 0 Å². The normalized spacial score (nSPS) is 17.4. The molecule has 21 heavy (non-hydrogen) atoms. The van der Waals surface area contributed by atoms with Gasteiger partial charge in [0.15, 0.2) is 0 Å². The van der Waals surface area contributed by atoms with Crippen molar-refractivity contribution in [3.05, 3.63) is 47.3 Å². The van der Waals surface area contributed by atoms with Crippen LogP contribution >= 0.6 is 0 Å². The Bertz CT molecular complexity index is 710. The Morgan fingerprint density at radius 3 is 2.95 bits per heavy atom. The van der Waals surface area contributed by atoms with E-state index in [2.05, 4.69) is 15.0 Å². The van der Waals surface area contributed by atoms with Gasteiger partial charge in [0.1, 0.15) is 6.04 Å². The van der Waals surface area contributed by atoms with E-state index in [1.54, 1.807) is 25.3 Å². The van der Waals surface area contributed by atoms with Crippen LogP contribution in [-0.4, -0.2) is 42.9 Å². The third-order valence-electron chi connectivity index (χ3n) is 3.68. The number of fused-ring (bicyclic) bond motifs is 1. The Kier molecular flexibility index (Phi) is 3.17. The Morgan fingerprint density at radius 1 is 1.43 bits per heavy atom. The summed E-state index contributed by atoms with van der Waals surface area (Å²) in [5.74, 6) is -1.35. The van der Waals surface area contributed by atoms with Gasteiger partial charge >= 0.3 is 5.97 Å². The van der Waals surface area contributed by atoms with E-state index < -0.39 is 12.0 Å². The van der Waals surface area contributed by atoms with Crippen LogP contribution < -0.4 is 0 Å². The zero-order chi connectivity index (χ0) is 15.0. The number of rotatable bonds is 2. The van der Waals surface area contributed by atoms with Gasteiger partial charge in [0.25, 0.3) is 5.91 Å². The largest absolute Gasteiger partial charge is 0.480 e. The molecule has 1 aliphatic heterocycles. The summed E-state index contributed by atoms with van der Waals surface area (Å²) in [6.45, 7) is 1.94. The fourth-order valence-electron chi connectivity index (χ4n) is 2.53. The van der Waals surface area contributed by atoms with Gasteiger partial charge in [0.2, 0.25) is 0 Å². The Morgan fingerprint density at radius 2 is 2.24 bits per heavy atom. The second kappa shape index (κ2) is 5.01. The molecule has 2 aromatic heterocycles. The van der Waals surface area contributed by atoms with Crippen LogP contribution in [0.3, 0.4) is 0 Å². The highest BCUT2D eigenvalue weighted by Crippen LogP contribution is 2.23. The van der Waals surface area contributed by atoms with Gasteiger partial charge in [-0.3, -0.25) is 9.78 Å². The van der Waals surface area contributed by atoms with Crippen LogP contribution in [0.25, 0.3) is 0 Å². The molecule has 0 bridgehead atoms. The molecule has 108 valence electrons. The summed E-state index contributed by atoms with van der Waals surface area (Å²) in [6, 6.07) is 2.42. The maximum absolute atomic E-state index is 12.7. The molecular formula is C14H14N4O3. The molecule has 7 heteroatoms. The minimum absolute atomic E-state index is 0.208. The molecule has 0 spiro atoms. The van der Waals surface area contributed by atoms with Gasteiger partial charge in [-0.2, -0.15) is 0 Å². The highest BCUT2D eigenvalue weighted by Gasteiger charge is 2.36. The van der Waals surface area contributed by atoms with Crippen molar-refractivity contribution in [2.45, 2.75) is 25.9 Å². The lowest BCUT2D eigenvalue weighted by molar-refractivity contribution is -0.142. The van der Waals surface area contributed by atoms with E-state index in [0.29, 0.717) is 17.0 Å². The first-order chi connectivity index (χ1) is 10.1. The van der Waals surface area contributed by atoms with E-state index in [-0.39, 0.29) is 18.9 Å². The first-order valence-electron chi connectivity index (χ1n) is 6.54. The summed E-state index contributed by atoms with van der Waals surface area (Å²) in [5.41, 5.74) is 2.49. The van der Waals surface area contributed by atoms with Crippen LogP contribution in [0.1, 0.15) is 27.4 Å². The lowest BCUT2D eigenvalue weighted by Crippen LogP contribution is -2.48. The smallest absolute Gasteiger partial charge is 0.326 e. The van der Waals surface area contributed by atoms with Gasteiger partial charge in [-0.25, -0.2) is 9.78 Å². The number of carbonyl (C=O) groups is 2. The molecule has 0 saturated heterocycles. The number of hydrogen-bond donors (Lipinski definition) is 2. The van der Waals surface area contributed by atoms with Gasteiger partial charge in [-0.15, -0.1) is 0 Å². The maximum Gasteiger partial charge on any atom is 0.326 e. The number of aliphatic carboxylic acids is 1. The number of imidazole rings is 1. The van der Waals surface area contributed by atoms with Gasteiger partial charge in [0, 0.05) is 18.3 Å². The van der Waals surface area contributed by atoms with Crippen molar-refractivity contribution in [3.8, 4) is 0 Å². The average molecular weight is 286 g/mol. The number of H-pyrrole nitrogens is 1. The van der Waals surface area contributed by atoms with E-state index >= 15 is 0 Å². The molecule has 0 fully saturated rings. The number of amides is 1.